The minimum absolute atomic E-state index is 0.125. The molecule has 0 saturated carbocycles. The molecule has 0 aliphatic rings. The third-order valence-electron chi connectivity index (χ3n) is 1.66. The van der Waals surface area contributed by atoms with E-state index in [0.29, 0.717) is 0 Å². The Labute approximate surface area is 75.4 Å². The Morgan fingerprint density at radius 2 is 2.08 bits per heavy atom. The third kappa shape index (κ3) is 1.97. The zero-order valence-electron chi connectivity index (χ0n) is 7.10. The normalized spacial score (nSPS) is 12.2. The molecule has 4 heteroatoms. The number of hydrogen-bond acceptors (Lipinski definition) is 4. The summed E-state index contributed by atoms with van der Waals surface area (Å²) in [4.78, 5) is 10.9. The van der Waals surface area contributed by atoms with Crippen LogP contribution in [0.2, 0.25) is 0 Å². The molecular weight excluding hydrogens is 172 g/mol. The molecular formula is C9H10O4. The molecule has 0 aliphatic carbocycles. The van der Waals surface area contributed by atoms with Crippen LogP contribution in [0.25, 0.3) is 0 Å². The topological polar surface area (TPSA) is 66.8 Å². The molecule has 1 rings (SSSR count). The number of aliphatic hydroxyl groups excluding tert-OH is 1. The van der Waals surface area contributed by atoms with Gasteiger partial charge in [0.25, 0.3) is 0 Å². The van der Waals surface area contributed by atoms with Gasteiger partial charge in [-0.2, -0.15) is 0 Å². The van der Waals surface area contributed by atoms with E-state index in [0.717, 1.165) is 0 Å². The molecule has 0 saturated heterocycles. The Bertz CT molecular complexity index is 308. The predicted molar refractivity (Wildman–Crippen MR) is 45.1 cm³/mol. The molecule has 0 aliphatic heterocycles. The van der Waals surface area contributed by atoms with E-state index >= 15 is 0 Å². The van der Waals surface area contributed by atoms with E-state index < -0.39 is 12.1 Å². The molecule has 0 spiro atoms. The fourth-order valence-electron chi connectivity index (χ4n) is 0.957. The summed E-state index contributed by atoms with van der Waals surface area (Å²) < 4.78 is 4.32. The molecule has 0 bridgehead atoms. The Balaban J connectivity index is 2.95. The second-order valence-electron chi connectivity index (χ2n) is 2.48. The van der Waals surface area contributed by atoms with E-state index in [1.807, 2.05) is 0 Å². The molecule has 0 aromatic heterocycles. The van der Waals surface area contributed by atoms with Crippen LogP contribution >= 0.6 is 0 Å². The molecule has 0 amide bonds. The third-order valence-corrected chi connectivity index (χ3v) is 1.66. The number of hydrogen-bond donors (Lipinski definition) is 2. The Morgan fingerprint density at radius 3 is 2.62 bits per heavy atom. The Hall–Kier alpha value is -1.55. The second-order valence-corrected chi connectivity index (χ2v) is 2.48. The predicted octanol–water partition coefficient (Wildman–Crippen LogP) is 0.599. The van der Waals surface area contributed by atoms with Crippen LogP contribution in [0.1, 0.15) is 11.7 Å². The van der Waals surface area contributed by atoms with E-state index in [4.69, 9.17) is 0 Å². The van der Waals surface area contributed by atoms with Crippen LogP contribution in [-0.4, -0.2) is 23.3 Å². The smallest absolute Gasteiger partial charge is 0.339 e. The van der Waals surface area contributed by atoms with Crippen LogP contribution in [-0.2, 0) is 9.53 Å². The van der Waals surface area contributed by atoms with Crippen molar-refractivity contribution in [2.45, 2.75) is 6.10 Å². The van der Waals surface area contributed by atoms with E-state index in [1.165, 1.54) is 19.2 Å². The van der Waals surface area contributed by atoms with Crippen LogP contribution in [0.3, 0.4) is 0 Å². The largest absolute Gasteiger partial charge is 0.508 e. The number of aromatic hydroxyl groups is 1. The van der Waals surface area contributed by atoms with Gasteiger partial charge in [-0.25, -0.2) is 4.79 Å². The first kappa shape index (κ1) is 9.54. The quantitative estimate of drug-likeness (QED) is 0.657. The summed E-state index contributed by atoms with van der Waals surface area (Å²) in [7, 11) is 1.17. The van der Waals surface area contributed by atoms with E-state index in [9.17, 15) is 15.0 Å². The van der Waals surface area contributed by atoms with E-state index in [1.54, 1.807) is 12.1 Å². The van der Waals surface area contributed by atoms with Gasteiger partial charge in [-0.3, -0.25) is 0 Å². The number of phenolic OH excluding ortho intramolecular Hbond substituents is 1. The number of rotatable bonds is 2. The van der Waals surface area contributed by atoms with Crippen molar-refractivity contribution in [2.75, 3.05) is 7.11 Å². The maximum absolute atomic E-state index is 10.9. The molecule has 13 heavy (non-hydrogen) atoms. The standard InChI is InChI=1S/C9H10O4/c1-13-9(12)8(11)6-4-2-3-5-7(6)10/h2-5,8,10-11H,1H3. The van der Waals surface area contributed by atoms with E-state index in [-0.39, 0.29) is 11.3 Å². The fourth-order valence-corrected chi connectivity index (χ4v) is 0.957. The molecule has 0 fully saturated rings. The molecule has 0 radical (unpaired) electrons. The van der Waals surface area contributed by atoms with Crippen LogP contribution < -0.4 is 0 Å². The van der Waals surface area contributed by atoms with Gasteiger partial charge >= 0.3 is 5.97 Å². The fraction of sp³-hybridized carbons (Fsp3) is 0.222. The number of carbonyl (C=O) groups excluding carboxylic acids is 1. The molecule has 1 aromatic rings. The average Bonchev–Trinajstić information content (AvgIpc) is 2.16. The van der Waals surface area contributed by atoms with Gasteiger partial charge in [-0.1, -0.05) is 18.2 Å². The van der Waals surface area contributed by atoms with Crippen molar-refractivity contribution in [1.29, 1.82) is 0 Å². The van der Waals surface area contributed by atoms with Gasteiger partial charge in [0.1, 0.15) is 5.75 Å². The minimum Gasteiger partial charge on any atom is -0.508 e. The first-order chi connectivity index (χ1) is 6.16. The van der Waals surface area contributed by atoms with Crippen molar-refractivity contribution in [3.05, 3.63) is 29.8 Å². The SMILES string of the molecule is COC(=O)C(O)c1ccccc1O. The average molecular weight is 182 g/mol. The summed E-state index contributed by atoms with van der Waals surface area (Å²) in [5, 5.41) is 18.6. The summed E-state index contributed by atoms with van der Waals surface area (Å²) in [5.41, 5.74) is 0.148. The number of benzene rings is 1. The molecule has 4 nitrogen and oxygen atoms in total. The van der Waals surface area contributed by atoms with Crippen LogP contribution in [0.4, 0.5) is 0 Å². The van der Waals surface area contributed by atoms with Crippen molar-refractivity contribution in [3.63, 3.8) is 0 Å². The lowest BCUT2D eigenvalue weighted by atomic mass is 10.1. The summed E-state index contributed by atoms with van der Waals surface area (Å²) in [5.74, 6) is -0.915. The molecule has 70 valence electrons. The lowest BCUT2D eigenvalue weighted by Gasteiger charge is -2.09. The number of esters is 1. The van der Waals surface area contributed by atoms with Gasteiger partial charge in [0.05, 0.1) is 7.11 Å². The summed E-state index contributed by atoms with van der Waals surface area (Å²) in [6, 6.07) is 6.06. The molecule has 1 atom stereocenters. The minimum atomic E-state index is -1.42. The molecule has 1 unspecified atom stereocenters. The lowest BCUT2D eigenvalue weighted by Crippen LogP contribution is -2.13. The zero-order chi connectivity index (χ0) is 9.84. The van der Waals surface area contributed by atoms with Crippen LogP contribution in [0.5, 0.6) is 5.75 Å². The first-order valence-electron chi connectivity index (χ1n) is 3.70. The van der Waals surface area contributed by atoms with Gasteiger partial charge in [0, 0.05) is 5.56 Å². The van der Waals surface area contributed by atoms with Gasteiger partial charge in [-0.15, -0.1) is 0 Å². The number of phenols is 1. The number of para-hydroxylation sites is 1. The van der Waals surface area contributed by atoms with Gasteiger partial charge in [0.2, 0.25) is 0 Å². The van der Waals surface area contributed by atoms with Crippen molar-refractivity contribution in [1.82, 2.24) is 0 Å². The summed E-state index contributed by atoms with van der Waals surface area (Å²) in [6.45, 7) is 0. The second kappa shape index (κ2) is 3.91. The number of aliphatic hydroxyl groups is 1. The highest BCUT2D eigenvalue weighted by atomic mass is 16.5. The monoisotopic (exact) mass is 182 g/mol. The number of carbonyl (C=O) groups is 1. The maximum Gasteiger partial charge on any atom is 0.339 e. The maximum atomic E-state index is 10.9. The van der Waals surface area contributed by atoms with Crippen molar-refractivity contribution in [2.24, 2.45) is 0 Å². The number of ether oxygens (including phenoxy) is 1. The van der Waals surface area contributed by atoms with E-state index in [2.05, 4.69) is 4.74 Å². The van der Waals surface area contributed by atoms with Crippen LogP contribution in [0.15, 0.2) is 24.3 Å². The lowest BCUT2D eigenvalue weighted by molar-refractivity contribution is -0.150. The zero-order valence-corrected chi connectivity index (χ0v) is 7.10. The molecule has 2 N–H and O–H groups in total. The van der Waals surface area contributed by atoms with Gasteiger partial charge in [-0.05, 0) is 6.07 Å². The summed E-state index contributed by atoms with van der Waals surface area (Å²) >= 11 is 0. The summed E-state index contributed by atoms with van der Waals surface area (Å²) in [6.07, 6.45) is -1.42. The van der Waals surface area contributed by atoms with Crippen molar-refractivity contribution < 1.29 is 19.7 Å². The van der Waals surface area contributed by atoms with Gasteiger partial charge in [0.15, 0.2) is 6.10 Å². The highest BCUT2D eigenvalue weighted by molar-refractivity contribution is 5.77. The highest BCUT2D eigenvalue weighted by Crippen LogP contribution is 2.23. The Kier molecular flexibility index (Phi) is 2.87. The molecule has 1 aromatic carbocycles. The van der Waals surface area contributed by atoms with Crippen molar-refractivity contribution in [3.8, 4) is 5.75 Å². The highest BCUT2D eigenvalue weighted by Gasteiger charge is 2.20. The van der Waals surface area contributed by atoms with Crippen molar-refractivity contribution >= 4 is 5.97 Å². The Morgan fingerprint density at radius 1 is 1.46 bits per heavy atom. The van der Waals surface area contributed by atoms with Crippen LogP contribution in [0, 0.1) is 0 Å². The first-order valence-corrected chi connectivity index (χ1v) is 3.70. The van der Waals surface area contributed by atoms with Gasteiger partial charge < -0.3 is 14.9 Å². The number of methoxy groups -OCH3 is 1. The molecule has 0 heterocycles.